The van der Waals surface area contributed by atoms with Gasteiger partial charge in [0.2, 0.25) is 0 Å². The molecule has 0 spiro atoms. The molecule has 0 radical (unpaired) electrons. The van der Waals surface area contributed by atoms with Crippen LogP contribution in [-0.2, 0) is 22.3 Å². The van der Waals surface area contributed by atoms with Crippen LogP contribution < -0.4 is 11.5 Å². The molecule has 176 valence electrons. The van der Waals surface area contributed by atoms with E-state index in [9.17, 15) is 9.59 Å². The highest BCUT2D eigenvalue weighted by Crippen LogP contribution is 2.33. The second-order valence-electron chi connectivity index (χ2n) is 7.77. The van der Waals surface area contributed by atoms with Gasteiger partial charge in [0, 0.05) is 30.7 Å². The maximum atomic E-state index is 13.0. The van der Waals surface area contributed by atoms with E-state index < -0.39 is 24.1 Å². The fraction of sp³-hybridized carbons (Fsp3) is 0.167. The topological polar surface area (TPSA) is 105 Å². The van der Waals surface area contributed by atoms with Crippen LogP contribution in [0.4, 0.5) is 11.4 Å². The zero-order valence-corrected chi connectivity index (χ0v) is 23.8. The third kappa shape index (κ3) is 5.35. The number of hydrogen-bond acceptors (Lipinski definition) is 6. The van der Waals surface area contributed by atoms with E-state index in [0.29, 0.717) is 53.2 Å². The van der Waals surface area contributed by atoms with Crippen molar-refractivity contribution in [2.24, 2.45) is 0 Å². The first-order valence-electron chi connectivity index (χ1n) is 10.1. The third-order valence-electron chi connectivity index (χ3n) is 5.52. The number of esters is 2. The number of fused-ring (bicyclic) bond motifs is 1. The van der Waals surface area contributed by atoms with Gasteiger partial charge >= 0.3 is 11.9 Å². The zero-order valence-electron chi connectivity index (χ0n) is 17.5. The number of rotatable bonds is 4. The molecular formula is C24H18Br4N2O4. The van der Waals surface area contributed by atoms with Crippen molar-refractivity contribution < 1.29 is 19.1 Å². The molecule has 0 saturated heterocycles. The smallest absolute Gasteiger partial charge is 0.338 e. The Kier molecular flexibility index (Phi) is 7.71. The van der Waals surface area contributed by atoms with Crippen molar-refractivity contribution in [3.8, 4) is 0 Å². The van der Waals surface area contributed by atoms with Crippen molar-refractivity contribution in [3.05, 3.63) is 88.7 Å². The number of anilines is 2. The number of nitrogens with two attached hydrogens (primary N) is 2. The lowest BCUT2D eigenvalue weighted by atomic mass is 9.87. The van der Waals surface area contributed by atoms with Crippen LogP contribution in [-0.4, -0.2) is 24.1 Å². The summed E-state index contributed by atoms with van der Waals surface area (Å²) in [5.41, 5.74) is 15.6. The van der Waals surface area contributed by atoms with Gasteiger partial charge in [0.05, 0.1) is 22.5 Å². The van der Waals surface area contributed by atoms with Gasteiger partial charge in [-0.1, -0.05) is 24.3 Å². The molecule has 0 aliphatic heterocycles. The lowest BCUT2D eigenvalue weighted by Crippen LogP contribution is -2.41. The van der Waals surface area contributed by atoms with Gasteiger partial charge in [-0.15, -0.1) is 0 Å². The molecule has 3 aromatic carbocycles. The lowest BCUT2D eigenvalue weighted by molar-refractivity contribution is -0.0389. The van der Waals surface area contributed by atoms with Crippen LogP contribution >= 0.6 is 63.7 Å². The molecule has 0 saturated carbocycles. The summed E-state index contributed by atoms with van der Waals surface area (Å²) in [6.45, 7) is 0. The fourth-order valence-electron chi connectivity index (χ4n) is 3.70. The summed E-state index contributed by atoms with van der Waals surface area (Å²) in [6, 6.07) is 14.2. The second-order valence-corrected chi connectivity index (χ2v) is 11.2. The first-order valence-corrected chi connectivity index (χ1v) is 13.3. The summed E-state index contributed by atoms with van der Waals surface area (Å²) in [4.78, 5) is 26.0. The minimum atomic E-state index is -0.665. The maximum Gasteiger partial charge on any atom is 0.338 e. The van der Waals surface area contributed by atoms with E-state index in [2.05, 4.69) is 63.7 Å². The van der Waals surface area contributed by atoms with Gasteiger partial charge in [-0.3, -0.25) is 0 Å². The molecule has 3 aromatic rings. The molecule has 2 atom stereocenters. The van der Waals surface area contributed by atoms with E-state index in [-0.39, 0.29) is 0 Å². The van der Waals surface area contributed by atoms with Crippen LogP contribution in [0.1, 0.15) is 31.8 Å². The van der Waals surface area contributed by atoms with Gasteiger partial charge in [-0.05, 0) is 99.1 Å². The Balaban J connectivity index is 1.60. The Hall–Kier alpha value is -1.88. The predicted molar refractivity (Wildman–Crippen MR) is 145 cm³/mol. The number of nitrogen functional groups attached to an aromatic ring is 2. The number of carbonyl (C=O) groups is 2. The molecule has 6 nitrogen and oxygen atoms in total. The van der Waals surface area contributed by atoms with Gasteiger partial charge < -0.3 is 20.9 Å². The molecule has 0 bridgehead atoms. The molecule has 4 rings (SSSR count). The first kappa shape index (κ1) is 25.2. The normalized spacial score (nSPS) is 17.1. The Bertz CT molecular complexity index is 1150. The molecule has 1 aliphatic carbocycles. The zero-order chi connectivity index (χ0) is 24.6. The number of hydrogen-bond donors (Lipinski definition) is 2. The molecule has 0 unspecified atom stereocenters. The Morgan fingerprint density at radius 2 is 1.00 bits per heavy atom. The summed E-state index contributed by atoms with van der Waals surface area (Å²) in [6.07, 6.45) is -0.484. The molecule has 34 heavy (non-hydrogen) atoms. The van der Waals surface area contributed by atoms with E-state index in [4.69, 9.17) is 20.9 Å². The molecule has 0 heterocycles. The molecule has 0 aromatic heterocycles. The standard InChI is InChI=1S/C24H18Br4N2O4/c25-15-5-13(6-16(26)21(15)29)23(31)33-19-9-11-3-1-2-4-12(11)10-20(19)34-24(32)14-7-17(27)22(30)18(28)8-14/h1-8,19-20H,9-10,29-30H2/t19-,20+. The molecule has 10 heteroatoms. The number of benzene rings is 3. The average molecular weight is 718 g/mol. The van der Waals surface area contributed by atoms with E-state index >= 15 is 0 Å². The number of ether oxygens (including phenoxy) is 2. The van der Waals surface area contributed by atoms with E-state index in [1.54, 1.807) is 24.3 Å². The van der Waals surface area contributed by atoms with E-state index in [0.717, 1.165) is 11.1 Å². The van der Waals surface area contributed by atoms with Gasteiger partial charge in [0.15, 0.2) is 0 Å². The van der Waals surface area contributed by atoms with Crippen molar-refractivity contribution >= 4 is 87.0 Å². The van der Waals surface area contributed by atoms with Crippen molar-refractivity contribution in [2.45, 2.75) is 25.0 Å². The summed E-state index contributed by atoms with van der Waals surface area (Å²) in [7, 11) is 0. The summed E-state index contributed by atoms with van der Waals surface area (Å²) >= 11 is 13.4. The highest BCUT2D eigenvalue weighted by molar-refractivity contribution is 9.11. The third-order valence-corrected chi connectivity index (χ3v) is 8.15. The Morgan fingerprint density at radius 1 is 0.676 bits per heavy atom. The van der Waals surface area contributed by atoms with Crippen molar-refractivity contribution in [1.82, 2.24) is 0 Å². The summed E-state index contributed by atoms with van der Waals surface area (Å²) in [5.74, 6) is -1.07. The Labute approximate surface area is 229 Å². The molecule has 1 aliphatic rings. The molecular weight excluding hydrogens is 700 g/mol. The van der Waals surface area contributed by atoms with Crippen LogP contribution in [0, 0.1) is 0 Å². The van der Waals surface area contributed by atoms with E-state index in [1.807, 2.05) is 24.3 Å². The number of halogens is 4. The summed E-state index contributed by atoms with van der Waals surface area (Å²) < 4.78 is 14.0. The van der Waals surface area contributed by atoms with Gasteiger partial charge in [-0.2, -0.15) is 0 Å². The monoisotopic (exact) mass is 714 g/mol. The van der Waals surface area contributed by atoms with Gasteiger partial charge in [0.25, 0.3) is 0 Å². The number of carbonyl (C=O) groups excluding carboxylic acids is 2. The SMILES string of the molecule is Nc1c(Br)cc(C(=O)O[C@H]2Cc3ccccc3C[C@H]2OC(=O)c2cc(Br)c(N)c(Br)c2)cc1Br. The Morgan fingerprint density at radius 3 is 1.32 bits per heavy atom. The first-order chi connectivity index (χ1) is 16.1. The van der Waals surface area contributed by atoms with Crippen molar-refractivity contribution in [2.75, 3.05) is 11.5 Å². The van der Waals surface area contributed by atoms with Crippen LogP contribution in [0.5, 0.6) is 0 Å². The quantitative estimate of drug-likeness (QED) is 0.238. The van der Waals surface area contributed by atoms with E-state index in [1.165, 1.54) is 0 Å². The van der Waals surface area contributed by atoms with Gasteiger partial charge in [-0.25, -0.2) is 9.59 Å². The highest BCUT2D eigenvalue weighted by atomic mass is 79.9. The van der Waals surface area contributed by atoms with Crippen molar-refractivity contribution in [3.63, 3.8) is 0 Å². The minimum absolute atomic E-state index is 0.322. The highest BCUT2D eigenvalue weighted by Gasteiger charge is 2.35. The van der Waals surface area contributed by atoms with Crippen LogP contribution in [0.15, 0.2) is 66.4 Å². The minimum Gasteiger partial charge on any atom is -0.454 e. The molecule has 4 N–H and O–H groups in total. The largest absolute Gasteiger partial charge is 0.454 e. The van der Waals surface area contributed by atoms with Crippen LogP contribution in [0.2, 0.25) is 0 Å². The predicted octanol–water partition coefficient (Wildman–Crippen LogP) is 6.45. The second kappa shape index (κ2) is 10.4. The molecule has 0 amide bonds. The summed E-state index contributed by atoms with van der Waals surface area (Å²) in [5, 5.41) is 0. The maximum absolute atomic E-state index is 13.0. The fourth-order valence-corrected chi connectivity index (χ4v) is 6.08. The average Bonchev–Trinajstić information content (AvgIpc) is 2.80. The van der Waals surface area contributed by atoms with Gasteiger partial charge in [0.1, 0.15) is 12.2 Å². The van der Waals surface area contributed by atoms with Crippen LogP contribution in [0.3, 0.4) is 0 Å². The van der Waals surface area contributed by atoms with Crippen molar-refractivity contribution in [1.29, 1.82) is 0 Å². The van der Waals surface area contributed by atoms with Crippen LogP contribution in [0.25, 0.3) is 0 Å². The lowest BCUT2D eigenvalue weighted by Gasteiger charge is -2.32. The molecule has 0 fully saturated rings.